The van der Waals surface area contributed by atoms with Gasteiger partial charge in [-0.2, -0.15) is 10.2 Å². The number of amides is 1. The van der Waals surface area contributed by atoms with Gasteiger partial charge in [0.15, 0.2) is 5.82 Å². The zero-order chi connectivity index (χ0) is 19.0. The van der Waals surface area contributed by atoms with Crippen molar-refractivity contribution >= 4 is 17.4 Å². The minimum Gasteiger partial charge on any atom is -0.473 e. The Hall–Kier alpha value is -3.18. The molecular formula is C19H18FN5O2. The molecule has 1 fully saturated rings. The first-order valence-corrected chi connectivity index (χ1v) is 8.66. The predicted molar refractivity (Wildman–Crippen MR) is 97.1 cm³/mol. The zero-order valence-electron chi connectivity index (χ0n) is 14.8. The third-order valence-electron chi connectivity index (χ3n) is 4.88. The van der Waals surface area contributed by atoms with E-state index in [2.05, 4.69) is 10.3 Å². The van der Waals surface area contributed by atoms with Gasteiger partial charge in [0, 0.05) is 38.3 Å². The van der Waals surface area contributed by atoms with Crippen molar-refractivity contribution < 1.29 is 13.9 Å². The molecule has 1 unspecified atom stereocenters. The number of carbonyl (C=O) groups is 1. The van der Waals surface area contributed by atoms with E-state index >= 15 is 0 Å². The number of benzene rings is 1. The summed E-state index contributed by atoms with van der Waals surface area (Å²) in [5, 5.41) is 12.0. The molecule has 3 heterocycles. The molecule has 2 aliphatic heterocycles. The second kappa shape index (κ2) is 6.85. The molecule has 27 heavy (non-hydrogen) atoms. The van der Waals surface area contributed by atoms with Gasteiger partial charge in [-0.15, -0.1) is 0 Å². The molecule has 0 spiro atoms. The van der Waals surface area contributed by atoms with Crippen LogP contribution in [-0.4, -0.2) is 43.6 Å². The van der Waals surface area contributed by atoms with Crippen LogP contribution in [0.2, 0.25) is 0 Å². The Morgan fingerprint density at radius 1 is 1.41 bits per heavy atom. The Bertz CT molecular complexity index is 942. The number of halogens is 1. The SMILES string of the molecule is CN1C(=O)C2CNCCN2c2nc(OCc3ccc(C#N)cc3F)ccc21. The molecule has 1 amide bonds. The minimum absolute atomic E-state index is 0.00306. The summed E-state index contributed by atoms with van der Waals surface area (Å²) >= 11 is 0. The average Bonchev–Trinajstić information content (AvgIpc) is 2.71. The minimum atomic E-state index is -0.487. The summed E-state index contributed by atoms with van der Waals surface area (Å²) in [4.78, 5) is 20.7. The lowest BCUT2D eigenvalue weighted by atomic mass is 10.1. The molecule has 138 valence electrons. The summed E-state index contributed by atoms with van der Waals surface area (Å²) in [5.41, 5.74) is 1.34. The maximum absolute atomic E-state index is 14.0. The number of nitriles is 1. The average molecular weight is 367 g/mol. The van der Waals surface area contributed by atoms with Gasteiger partial charge in [0.2, 0.25) is 5.88 Å². The number of likely N-dealkylation sites (N-methyl/N-ethyl adjacent to an activating group) is 1. The van der Waals surface area contributed by atoms with Crippen molar-refractivity contribution in [3.05, 3.63) is 47.3 Å². The Morgan fingerprint density at radius 2 is 2.26 bits per heavy atom. The van der Waals surface area contributed by atoms with Gasteiger partial charge in [0.05, 0.1) is 17.3 Å². The lowest BCUT2D eigenvalue weighted by Gasteiger charge is -2.43. The topological polar surface area (TPSA) is 81.5 Å². The molecule has 0 radical (unpaired) electrons. The Balaban J connectivity index is 1.58. The smallest absolute Gasteiger partial charge is 0.250 e. The molecule has 0 saturated carbocycles. The maximum Gasteiger partial charge on any atom is 0.250 e. The molecular weight excluding hydrogens is 349 g/mol. The molecule has 1 N–H and O–H groups in total. The van der Waals surface area contributed by atoms with Gasteiger partial charge < -0.3 is 19.9 Å². The fraction of sp³-hybridized carbons (Fsp3) is 0.316. The molecule has 7 nitrogen and oxygen atoms in total. The number of aromatic nitrogens is 1. The van der Waals surface area contributed by atoms with Crippen LogP contribution in [0.25, 0.3) is 0 Å². The van der Waals surface area contributed by atoms with Gasteiger partial charge in [0.25, 0.3) is 5.91 Å². The van der Waals surface area contributed by atoms with Crippen LogP contribution in [0.3, 0.4) is 0 Å². The first-order chi connectivity index (χ1) is 13.1. The number of pyridine rings is 1. The third-order valence-corrected chi connectivity index (χ3v) is 4.88. The van der Waals surface area contributed by atoms with Crippen molar-refractivity contribution in [1.29, 1.82) is 5.26 Å². The number of fused-ring (bicyclic) bond motifs is 3. The number of ether oxygens (including phenoxy) is 1. The summed E-state index contributed by atoms with van der Waals surface area (Å²) in [7, 11) is 1.74. The van der Waals surface area contributed by atoms with Crippen LogP contribution in [0.5, 0.6) is 5.88 Å². The summed E-state index contributed by atoms with van der Waals surface area (Å²) < 4.78 is 19.7. The molecule has 0 aliphatic carbocycles. The molecule has 8 heteroatoms. The lowest BCUT2D eigenvalue weighted by molar-refractivity contribution is -0.120. The monoisotopic (exact) mass is 367 g/mol. The fourth-order valence-corrected chi connectivity index (χ4v) is 3.38. The number of piperazine rings is 1. The van der Waals surface area contributed by atoms with Crippen molar-refractivity contribution in [2.24, 2.45) is 0 Å². The number of nitrogens with one attached hydrogen (secondary N) is 1. The molecule has 0 bridgehead atoms. The number of carbonyl (C=O) groups excluding carboxylic acids is 1. The number of nitrogens with zero attached hydrogens (tertiary/aromatic N) is 4. The molecule has 1 saturated heterocycles. The van der Waals surface area contributed by atoms with Crippen LogP contribution in [0, 0.1) is 17.1 Å². The molecule has 1 atom stereocenters. The highest BCUT2D eigenvalue weighted by Gasteiger charge is 2.39. The molecule has 1 aromatic heterocycles. The first-order valence-electron chi connectivity index (χ1n) is 8.66. The van der Waals surface area contributed by atoms with Crippen LogP contribution in [0.4, 0.5) is 15.9 Å². The van der Waals surface area contributed by atoms with Crippen molar-refractivity contribution in [1.82, 2.24) is 10.3 Å². The van der Waals surface area contributed by atoms with Gasteiger partial charge in [-0.25, -0.2) is 4.39 Å². The van der Waals surface area contributed by atoms with Crippen molar-refractivity contribution in [3.8, 4) is 11.9 Å². The molecule has 1 aromatic carbocycles. The van der Waals surface area contributed by atoms with Crippen molar-refractivity contribution in [2.75, 3.05) is 36.5 Å². The molecule has 4 rings (SSSR count). The fourth-order valence-electron chi connectivity index (χ4n) is 3.38. The number of hydrogen-bond donors (Lipinski definition) is 1. The van der Waals surface area contributed by atoms with E-state index in [-0.39, 0.29) is 24.1 Å². The standard InChI is InChI=1S/C19H18FN5O2/c1-24-15-4-5-17(27-11-13-3-2-12(9-21)8-14(13)20)23-18(15)25-7-6-22-10-16(25)19(24)26/h2-5,8,16,22H,6-7,10-11H2,1H3. The Labute approximate surface area is 156 Å². The number of hydrogen-bond acceptors (Lipinski definition) is 6. The van der Waals surface area contributed by atoms with Crippen molar-refractivity contribution in [2.45, 2.75) is 12.6 Å². The largest absolute Gasteiger partial charge is 0.473 e. The highest BCUT2D eigenvalue weighted by Crippen LogP contribution is 2.35. The molecule has 2 aliphatic rings. The molecule has 2 aromatic rings. The highest BCUT2D eigenvalue weighted by molar-refractivity contribution is 6.04. The van der Waals surface area contributed by atoms with E-state index in [4.69, 9.17) is 10.00 Å². The van der Waals surface area contributed by atoms with Crippen LogP contribution < -0.4 is 19.9 Å². The summed E-state index contributed by atoms with van der Waals surface area (Å²) in [5.74, 6) is 0.600. The Morgan fingerprint density at radius 3 is 3.04 bits per heavy atom. The van der Waals surface area contributed by atoms with E-state index in [0.29, 0.717) is 30.4 Å². The van der Waals surface area contributed by atoms with Crippen LogP contribution in [0.15, 0.2) is 30.3 Å². The highest BCUT2D eigenvalue weighted by atomic mass is 19.1. The lowest BCUT2D eigenvalue weighted by Crippen LogP contribution is -2.61. The Kier molecular flexibility index (Phi) is 4.38. The van der Waals surface area contributed by atoms with E-state index in [1.807, 2.05) is 11.0 Å². The second-order valence-corrected chi connectivity index (χ2v) is 6.51. The normalized spacial score (nSPS) is 18.6. The first kappa shape index (κ1) is 17.2. The van der Waals surface area contributed by atoms with Crippen LogP contribution in [0.1, 0.15) is 11.1 Å². The second-order valence-electron chi connectivity index (χ2n) is 6.51. The van der Waals surface area contributed by atoms with Crippen LogP contribution >= 0.6 is 0 Å². The third kappa shape index (κ3) is 3.06. The van der Waals surface area contributed by atoms with E-state index in [1.165, 1.54) is 12.1 Å². The maximum atomic E-state index is 14.0. The number of anilines is 2. The van der Waals surface area contributed by atoms with Gasteiger partial charge in [-0.1, -0.05) is 6.07 Å². The summed E-state index contributed by atoms with van der Waals surface area (Å²) in [6.07, 6.45) is 0. The van der Waals surface area contributed by atoms with Gasteiger partial charge >= 0.3 is 0 Å². The zero-order valence-corrected chi connectivity index (χ0v) is 14.8. The van der Waals surface area contributed by atoms with Crippen molar-refractivity contribution in [3.63, 3.8) is 0 Å². The van der Waals surface area contributed by atoms with E-state index < -0.39 is 5.82 Å². The van der Waals surface area contributed by atoms with E-state index in [9.17, 15) is 9.18 Å². The van der Waals surface area contributed by atoms with E-state index in [0.717, 1.165) is 12.2 Å². The number of rotatable bonds is 3. The summed E-state index contributed by atoms with van der Waals surface area (Å²) in [6.45, 7) is 2.03. The van der Waals surface area contributed by atoms with Gasteiger partial charge in [-0.3, -0.25) is 4.79 Å². The van der Waals surface area contributed by atoms with Gasteiger partial charge in [-0.05, 0) is 18.2 Å². The van der Waals surface area contributed by atoms with Crippen LogP contribution in [-0.2, 0) is 11.4 Å². The quantitative estimate of drug-likeness (QED) is 0.884. The summed E-state index contributed by atoms with van der Waals surface area (Å²) in [6, 6.07) is 9.35. The van der Waals surface area contributed by atoms with E-state index in [1.54, 1.807) is 30.1 Å². The van der Waals surface area contributed by atoms with Gasteiger partial charge in [0.1, 0.15) is 18.5 Å². The predicted octanol–water partition coefficient (Wildman–Crippen LogP) is 1.43.